The van der Waals surface area contributed by atoms with Crippen molar-refractivity contribution in [2.45, 2.75) is 19.9 Å². The number of hydrogen-bond donors (Lipinski definition) is 4. The molecule has 0 aliphatic heterocycles. The van der Waals surface area contributed by atoms with E-state index >= 15 is 0 Å². The highest BCUT2D eigenvalue weighted by atomic mass is 16.4. The molecule has 0 radical (unpaired) electrons. The number of carbonyl (C=O) groups excluding carboxylic acids is 1. The Morgan fingerprint density at radius 3 is 2.39 bits per heavy atom. The maximum Gasteiger partial charge on any atom is 0.308 e. The van der Waals surface area contributed by atoms with Crippen LogP contribution in [0, 0.1) is 5.92 Å². The molecule has 0 bridgehead atoms. The number of benzene rings is 1. The van der Waals surface area contributed by atoms with Crippen LogP contribution in [0.5, 0.6) is 11.5 Å². The van der Waals surface area contributed by atoms with Crippen molar-refractivity contribution in [2.75, 3.05) is 0 Å². The predicted molar refractivity (Wildman–Crippen MR) is 63.5 cm³/mol. The molecule has 6 nitrogen and oxygen atoms in total. The summed E-state index contributed by atoms with van der Waals surface area (Å²) in [6, 6.07) is 3.39. The van der Waals surface area contributed by atoms with Gasteiger partial charge in [0.05, 0.1) is 11.5 Å². The van der Waals surface area contributed by atoms with Gasteiger partial charge in [0.1, 0.15) is 0 Å². The molecule has 98 valence electrons. The topological polar surface area (TPSA) is 107 Å². The molecule has 18 heavy (non-hydrogen) atoms. The molecule has 0 heterocycles. The summed E-state index contributed by atoms with van der Waals surface area (Å²) >= 11 is 0. The smallest absolute Gasteiger partial charge is 0.308 e. The van der Waals surface area contributed by atoms with Crippen LogP contribution in [0.2, 0.25) is 0 Å². The molecule has 0 aliphatic rings. The Morgan fingerprint density at radius 2 is 1.83 bits per heavy atom. The summed E-state index contributed by atoms with van der Waals surface area (Å²) in [5.41, 5.74) is -0.0977. The number of hydrogen-bond acceptors (Lipinski definition) is 4. The molecule has 0 spiro atoms. The van der Waals surface area contributed by atoms with Crippen LogP contribution in [0.15, 0.2) is 18.2 Å². The fourth-order valence-corrected chi connectivity index (χ4v) is 1.34. The first-order valence-corrected chi connectivity index (χ1v) is 5.39. The van der Waals surface area contributed by atoms with Crippen LogP contribution >= 0.6 is 0 Å². The minimum Gasteiger partial charge on any atom is -0.504 e. The summed E-state index contributed by atoms with van der Waals surface area (Å²) in [4.78, 5) is 22.5. The Bertz CT molecular complexity index is 472. The first kappa shape index (κ1) is 13.8. The molecule has 2 atom stereocenters. The van der Waals surface area contributed by atoms with Gasteiger partial charge in [-0.1, -0.05) is 6.07 Å². The Kier molecular flexibility index (Phi) is 4.14. The molecular weight excluding hydrogens is 238 g/mol. The lowest BCUT2D eigenvalue weighted by molar-refractivity contribution is -0.141. The van der Waals surface area contributed by atoms with Crippen molar-refractivity contribution in [3.05, 3.63) is 23.8 Å². The number of carboxylic acids is 1. The fraction of sp³-hybridized carbons (Fsp3) is 0.333. The van der Waals surface area contributed by atoms with E-state index in [-0.39, 0.29) is 5.56 Å². The molecule has 0 fully saturated rings. The van der Waals surface area contributed by atoms with E-state index in [4.69, 9.17) is 5.11 Å². The number of aliphatic carboxylic acids is 1. The lowest BCUT2D eigenvalue weighted by atomic mass is 10.0. The number of phenols is 2. The largest absolute Gasteiger partial charge is 0.504 e. The Balaban J connectivity index is 2.83. The molecule has 1 aromatic rings. The van der Waals surface area contributed by atoms with Crippen LogP contribution in [0.3, 0.4) is 0 Å². The number of phenolic OH excluding ortho intramolecular Hbond substituents is 2. The first-order chi connectivity index (χ1) is 8.34. The zero-order valence-corrected chi connectivity index (χ0v) is 10.0. The molecule has 0 saturated carbocycles. The minimum absolute atomic E-state index is 0.0977. The monoisotopic (exact) mass is 253 g/mol. The fourth-order valence-electron chi connectivity index (χ4n) is 1.34. The number of carbonyl (C=O) groups is 2. The summed E-state index contributed by atoms with van der Waals surface area (Å²) in [5.74, 6) is -3.34. The van der Waals surface area contributed by atoms with Gasteiger partial charge in [-0.25, -0.2) is 0 Å². The maximum absolute atomic E-state index is 11.8. The SMILES string of the molecule is CC(NC(=O)c1cccc(O)c1O)C(C)C(=O)O. The number of nitrogens with one attached hydrogen (secondary N) is 1. The van der Waals surface area contributed by atoms with Crippen molar-refractivity contribution in [3.63, 3.8) is 0 Å². The molecule has 0 saturated heterocycles. The average Bonchev–Trinajstić information content (AvgIpc) is 2.31. The van der Waals surface area contributed by atoms with E-state index in [1.54, 1.807) is 6.92 Å². The van der Waals surface area contributed by atoms with Crippen LogP contribution in [0.25, 0.3) is 0 Å². The lowest BCUT2D eigenvalue weighted by Crippen LogP contribution is -2.40. The van der Waals surface area contributed by atoms with Crippen LogP contribution in [-0.4, -0.2) is 33.2 Å². The van der Waals surface area contributed by atoms with Crippen molar-refractivity contribution in [1.82, 2.24) is 5.32 Å². The van der Waals surface area contributed by atoms with Crippen LogP contribution in [0.4, 0.5) is 0 Å². The number of para-hydroxylation sites is 1. The summed E-state index contributed by atoms with van der Waals surface area (Å²) < 4.78 is 0. The Morgan fingerprint density at radius 1 is 1.22 bits per heavy atom. The summed E-state index contributed by atoms with van der Waals surface area (Å²) in [7, 11) is 0. The third-order valence-corrected chi connectivity index (χ3v) is 2.76. The molecule has 1 rings (SSSR count). The molecule has 1 aromatic carbocycles. The molecular formula is C12H15NO5. The maximum atomic E-state index is 11.8. The minimum atomic E-state index is -1.03. The average molecular weight is 253 g/mol. The number of carboxylic acid groups (broad SMARTS) is 1. The second-order valence-electron chi connectivity index (χ2n) is 4.06. The van der Waals surface area contributed by atoms with Gasteiger partial charge in [0.15, 0.2) is 11.5 Å². The Labute approximate surface area is 104 Å². The molecule has 2 unspecified atom stereocenters. The van der Waals surface area contributed by atoms with Gasteiger partial charge in [0.2, 0.25) is 0 Å². The lowest BCUT2D eigenvalue weighted by Gasteiger charge is -2.18. The number of rotatable bonds is 4. The quantitative estimate of drug-likeness (QED) is 0.597. The van der Waals surface area contributed by atoms with Crippen molar-refractivity contribution >= 4 is 11.9 Å². The van der Waals surface area contributed by atoms with E-state index in [2.05, 4.69) is 5.32 Å². The number of aromatic hydroxyl groups is 2. The van der Waals surface area contributed by atoms with E-state index in [1.807, 2.05) is 0 Å². The van der Waals surface area contributed by atoms with E-state index in [0.29, 0.717) is 0 Å². The van der Waals surface area contributed by atoms with E-state index in [1.165, 1.54) is 25.1 Å². The molecule has 0 aromatic heterocycles. The third-order valence-electron chi connectivity index (χ3n) is 2.76. The second kappa shape index (κ2) is 5.39. The first-order valence-electron chi connectivity index (χ1n) is 5.39. The molecule has 0 aliphatic carbocycles. The standard InChI is InChI=1S/C12H15NO5/c1-6(12(17)18)7(2)13-11(16)8-4-3-5-9(14)10(8)15/h3-7,14-15H,1-2H3,(H,13,16)(H,17,18). The predicted octanol–water partition coefficient (Wildman–Crippen LogP) is 0.937. The van der Waals surface area contributed by atoms with Crippen LogP contribution < -0.4 is 5.32 Å². The summed E-state index contributed by atoms with van der Waals surface area (Å²) in [5, 5.41) is 30.0. The van der Waals surface area contributed by atoms with Crippen molar-refractivity contribution < 1.29 is 24.9 Å². The van der Waals surface area contributed by atoms with Gasteiger partial charge in [-0.3, -0.25) is 9.59 Å². The van der Waals surface area contributed by atoms with Crippen LogP contribution in [0.1, 0.15) is 24.2 Å². The zero-order chi connectivity index (χ0) is 13.9. The van der Waals surface area contributed by atoms with Crippen molar-refractivity contribution in [1.29, 1.82) is 0 Å². The van der Waals surface area contributed by atoms with Gasteiger partial charge in [-0.05, 0) is 26.0 Å². The van der Waals surface area contributed by atoms with Gasteiger partial charge in [-0.2, -0.15) is 0 Å². The van der Waals surface area contributed by atoms with Gasteiger partial charge in [0, 0.05) is 6.04 Å². The molecule has 6 heteroatoms. The van der Waals surface area contributed by atoms with Crippen LogP contribution in [-0.2, 0) is 4.79 Å². The highest BCUT2D eigenvalue weighted by molar-refractivity contribution is 5.98. The molecule has 4 N–H and O–H groups in total. The van der Waals surface area contributed by atoms with Crippen molar-refractivity contribution in [2.24, 2.45) is 5.92 Å². The normalized spacial score (nSPS) is 13.7. The summed E-state index contributed by atoms with van der Waals surface area (Å²) in [6.07, 6.45) is 0. The van der Waals surface area contributed by atoms with E-state index < -0.39 is 35.3 Å². The van der Waals surface area contributed by atoms with Gasteiger partial charge < -0.3 is 20.6 Å². The summed E-state index contributed by atoms with van der Waals surface area (Å²) in [6.45, 7) is 3.02. The molecule has 1 amide bonds. The van der Waals surface area contributed by atoms with Gasteiger partial charge in [-0.15, -0.1) is 0 Å². The third kappa shape index (κ3) is 2.91. The second-order valence-corrected chi connectivity index (χ2v) is 4.06. The highest BCUT2D eigenvalue weighted by Gasteiger charge is 2.23. The van der Waals surface area contributed by atoms with Gasteiger partial charge >= 0.3 is 5.97 Å². The Hall–Kier alpha value is -2.24. The number of amides is 1. The van der Waals surface area contributed by atoms with E-state index in [0.717, 1.165) is 0 Å². The van der Waals surface area contributed by atoms with E-state index in [9.17, 15) is 19.8 Å². The highest BCUT2D eigenvalue weighted by Crippen LogP contribution is 2.28. The van der Waals surface area contributed by atoms with Gasteiger partial charge in [0.25, 0.3) is 5.91 Å². The van der Waals surface area contributed by atoms with Crippen molar-refractivity contribution in [3.8, 4) is 11.5 Å². The zero-order valence-electron chi connectivity index (χ0n) is 10.0.